The van der Waals surface area contributed by atoms with E-state index in [9.17, 15) is 19.1 Å². The Morgan fingerprint density at radius 1 is 1.19 bits per heavy atom. The summed E-state index contributed by atoms with van der Waals surface area (Å²) in [5.41, 5.74) is 1.93. The number of aromatic nitrogens is 1. The Kier molecular flexibility index (Phi) is 6.45. The number of rotatable bonds is 5. The van der Waals surface area contributed by atoms with Crippen LogP contribution >= 0.6 is 9.24 Å². The summed E-state index contributed by atoms with van der Waals surface area (Å²) in [5, 5.41) is 12.0. The highest BCUT2D eigenvalue weighted by atomic mass is 31.0. The van der Waals surface area contributed by atoms with Crippen LogP contribution < -0.4 is 10.7 Å². The van der Waals surface area contributed by atoms with Crippen LogP contribution in [0.4, 0.5) is 4.39 Å². The van der Waals surface area contributed by atoms with Gasteiger partial charge < -0.3 is 15.0 Å². The van der Waals surface area contributed by atoms with Crippen molar-refractivity contribution >= 4 is 26.0 Å². The summed E-state index contributed by atoms with van der Waals surface area (Å²) >= 11 is 0. The summed E-state index contributed by atoms with van der Waals surface area (Å²) in [4.78, 5) is 26.1. The number of aliphatic hydroxyl groups is 1. The summed E-state index contributed by atoms with van der Waals surface area (Å²) < 4.78 is 16.0. The second kappa shape index (κ2) is 9.13. The van der Waals surface area contributed by atoms with E-state index in [2.05, 4.69) is 14.6 Å². The molecule has 1 aliphatic rings. The van der Waals surface area contributed by atoms with Crippen LogP contribution in [0.1, 0.15) is 54.1 Å². The Labute approximate surface area is 188 Å². The molecule has 0 bridgehead atoms. The molecule has 168 valence electrons. The van der Waals surface area contributed by atoms with Gasteiger partial charge in [-0.25, -0.2) is 4.39 Å². The molecule has 4 atom stereocenters. The van der Waals surface area contributed by atoms with Crippen LogP contribution in [0.5, 0.6) is 0 Å². The van der Waals surface area contributed by atoms with Gasteiger partial charge in [0, 0.05) is 18.1 Å². The second-order valence-electron chi connectivity index (χ2n) is 8.72. The number of aliphatic hydroxyl groups excluding tert-OH is 1. The van der Waals surface area contributed by atoms with Crippen LogP contribution in [0.25, 0.3) is 10.9 Å². The SMILES string of the molecule is CC(F)(P)c1ccc(Cn2cc(C(=O)NC3CCCC[C@@H]3O)c(=O)c3ccccc32)cc1. The summed E-state index contributed by atoms with van der Waals surface area (Å²) in [6.45, 7) is 1.91. The monoisotopic (exact) mass is 454 g/mol. The number of carbonyl (C=O) groups excluding carboxylic acids is 1. The molecule has 2 N–H and O–H groups in total. The number of hydrogen-bond acceptors (Lipinski definition) is 3. The zero-order valence-electron chi connectivity index (χ0n) is 18.1. The Balaban J connectivity index is 1.69. The van der Waals surface area contributed by atoms with Crippen LogP contribution in [0.2, 0.25) is 0 Å². The lowest BCUT2D eigenvalue weighted by atomic mass is 9.92. The molecule has 3 aromatic rings. The maximum absolute atomic E-state index is 14.2. The summed E-state index contributed by atoms with van der Waals surface area (Å²) in [6.07, 6.45) is 4.22. The van der Waals surface area contributed by atoms with E-state index in [4.69, 9.17) is 0 Å². The molecular formula is C25H28FN2O3P. The van der Waals surface area contributed by atoms with Crippen molar-refractivity contribution < 1.29 is 14.3 Å². The second-order valence-corrected chi connectivity index (χ2v) is 9.81. The predicted molar refractivity (Wildman–Crippen MR) is 128 cm³/mol. The molecule has 0 radical (unpaired) electrons. The van der Waals surface area contributed by atoms with E-state index < -0.39 is 17.4 Å². The van der Waals surface area contributed by atoms with E-state index in [-0.39, 0.29) is 17.0 Å². The van der Waals surface area contributed by atoms with Crippen LogP contribution in [-0.2, 0) is 12.0 Å². The fraction of sp³-hybridized carbons (Fsp3) is 0.360. The quantitative estimate of drug-likeness (QED) is 0.571. The predicted octanol–water partition coefficient (Wildman–Crippen LogP) is 4.10. The van der Waals surface area contributed by atoms with Gasteiger partial charge >= 0.3 is 0 Å². The number of benzene rings is 2. The molecule has 0 spiro atoms. The third kappa shape index (κ3) is 4.77. The normalized spacial score (nSPS) is 20.6. The first-order valence-corrected chi connectivity index (χ1v) is 11.5. The number of amides is 1. The number of pyridine rings is 1. The lowest BCUT2D eigenvalue weighted by Gasteiger charge is -2.28. The maximum atomic E-state index is 14.2. The van der Waals surface area contributed by atoms with Crippen molar-refractivity contribution in [2.24, 2.45) is 0 Å². The number of hydrogen-bond donors (Lipinski definition) is 2. The van der Waals surface area contributed by atoms with E-state index >= 15 is 0 Å². The zero-order valence-corrected chi connectivity index (χ0v) is 19.2. The molecule has 1 amide bonds. The molecule has 1 aromatic heterocycles. The standard InChI is InChI=1S/C25H28FN2O3P/c1-25(26,32)17-12-10-16(11-13-17)14-28-15-19(23(30)18-6-2-4-8-21(18)28)24(31)27-20-7-3-5-9-22(20)29/h2,4,6,8,10-13,15,20,22,29H,3,5,7,9,14,32H2,1H3,(H,27,31)/t20?,22-,25?/m0/s1. The van der Waals surface area contributed by atoms with Crippen LogP contribution in [0.15, 0.2) is 59.5 Å². The fourth-order valence-corrected chi connectivity index (χ4v) is 4.49. The molecule has 0 saturated heterocycles. The number of nitrogens with zero attached hydrogens (tertiary/aromatic N) is 1. The highest BCUT2D eigenvalue weighted by Gasteiger charge is 2.26. The highest BCUT2D eigenvalue weighted by molar-refractivity contribution is 7.18. The Bertz CT molecular complexity index is 1180. The fourth-order valence-electron chi connectivity index (χ4n) is 4.30. The van der Waals surface area contributed by atoms with Crippen molar-refractivity contribution in [1.29, 1.82) is 0 Å². The minimum Gasteiger partial charge on any atom is -0.391 e. The van der Waals surface area contributed by atoms with Gasteiger partial charge in [0.05, 0.1) is 17.7 Å². The van der Waals surface area contributed by atoms with Gasteiger partial charge in [-0.1, -0.05) is 58.5 Å². The Morgan fingerprint density at radius 2 is 1.88 bits per heavy atom. The van der Waals surface area contributed by atoms with Crippen LogP contribution in [0.3, 0.4) is 0 Å². The largest absolute Gasteiger partial charge is 0.391 e. The van der Waals surface area contributed by atoms with E-state index in [1.807, 2.05) is 28.8 Å². The average Bonchev–Trinajstić information content (AvgIpc) is 2.77. The van der Waals surface area contributed by atoms with Gasteiger partial charge in [-0.05, 0) is 43.0 Å². The van der Waals surface area contributed by atoms with Crippen molar-refractivity contribution in [2.45, 2.75) is 56.7 Å². The Hall–Kier alpha value is -2.56. The molecule has 3 unspecified atom stereocenters. The lowest BCUT2D eigenvalue weighted by Crippen LogP contribution is -2.46. The Morgan fingerprint density at radius 3 is 2.56 bits per heavy atom. The third-order valence-electron chi connectivity index (χ3n) is 6.15. The molecule has 7 heteroatoms. The van der Waals surface area contributed by atoms with Crippen molar-refractivity contribution in [3.05, 3.63) is 81.6 Å². The van der Waals surface area contributed by atoms with Crippen molar-refractivity contribution in [1.82, 2.24) is 9.88 Å². The molecule has 1 heterocycles. The van der Waals surface area contributed by atoms with E-state index in [0.717, 1.165) is 23.9 Å². The van der Waals surface area contributed by atoms with Crippen molar-refractivity contribution in [2.75, 3.05) is 0 Å². The molecule has 1 aliphatic carbocycles. The van der Waals surface area contributed by atoms with Gasteiger partial charge in [-0.2, -0.15) is 0 Å². The molecule has 2 aromatic carbocycles. The van der Waals surface area contributed by atoms with Crippen molar-refractivity contribution in [3.63, 3.8) is 0 Å². The number of para-hydroxylation sites is 1. The van der Waals surface area contributed by atoms with Crippen molar-refractivity contribution in [3.8, 4) is 0 Å². The van der Waals surface area contributed by atoms with Gasteiger partial charge in [0.2, 0.25) is 5.43 Å². The number of nitrogens with one attached hydrogen (secondary N) is 1. The van der Waals surface area contributed by atoms with E-state index in [1.54, 1.807) is 30.5 Å². The first kappa shape index (κ1) is 22.6. The number of carbonyl (C=O) groups is 1. The average molecular weight is 454 g/mol. The lowest BCUT2D eigenvalue weighted by molar-refractivity contribution is 0.0716. The summed E-state index contributed by atoms with van der Waals surface area (Å²) in [5.74, 6) is -0.466. The number of alkyl halides is 1. The molecule has 32 heavy (non-hydrogen) atoms. The van der Waals surface area contributed by atoms with Gasteiger partial charge in [0.15, 0.2) is 0 Å². The van der Waals surface area contributed by atoms with Gasteiger partial charge in [-0.15, -0.1) is 0 Å². The van der Waals surface area contributed by atoms with E-state index in [1.165, 1.54) is 6.92 Å². The zero-order chi connectivity index (χ0) is 22.9. The van der Waals surface area contributed by atoms with Gasteiger partial charge in [-0.3, -0.25) is 9.59 Å². The number of fused-ring (bicyclic) bond motifs is 1. The number of halogens is 1. The molecule has 5 nitrogen and oxygen atoms in total. The summed E-state index contributed by atoms with van der Waals surface area (Å²) in [7, 11) is 2.19. The van der Waals surface area contributed by atoms with Gasteiger partial charge in [0.25, 0.3) is 5.91 Å². The van der Waals surface area contributed by atoms with Crippen LogP contribution in [0, 0.1) is 0 Å². The summed E-state index contributed by atoms with van der Waals surface area (Å²) in [6, 6.07) is 14.0. The molecule has 0 aliphatic heterocycles. The molecule has 1 fully saturated rings. The minimum atomic E-state index is -1.50. The van der Waals surface area contributed by atoms with Gasteiger partial charge in [0.1, 0.15) is 11.0 Å². The molecular weight excluding hydrogens is 426 g/mol. The highest BCUT2D eigenvalue weighted by Crippen LogP contribution is 2.32. The first-order valence-electron chi connectivity index (χ1n) is 10.9. The van der Waals surface area contributed by atoms with E-state index in [0.29, 0.717) is 30.3 Å². The first-order chi connectivity index (χ1) is 15.2. The molecule has 1 saturated carbocycles. The topological polar surface area (TPSA) is 71.3 Å². The van der Waals surface area contributed by atoms with Crippen LogP contribution in [-0.4, -0.2) is 27.7 Å². The maximum Gasteiger partial charge on any atom is 0.257 e. The third-order valence-corrected chi connectivity index (χ3v) is 6.48. The molecule has 4 rings (SSSR count). The smallest absolute Gasteiger partial charge is 0.257 e. The minimum absolute atomic E-state index is 0.0550.